The fraction of sp³-hybridized carbons (Fsp3) is 1.00. The Morgan fingerprint density at radius 3 is 2.23 bits per heavy atom. The minimum atomic E-state index is -2.35. The van der Waals surface area contributed by atoms with Gasteiger partial charge in [-0.2, -0.15) is 0 Å². The van der Waals surface area contributed by atoms with Crippen LogP contribution in [0.4, 0.5) is 8.78 Å². The molecule has 2 aliphatic rings. The Morgan fingerprint density at radius 1 is 1.23 bits per heavy atom. The maximum atomic E-state index is 12.7. The number of hydrogen-bond acceptors (Lipinski definition) is 1. The normalized spacial score (nSPS) is 31.2. The summed E-state index contributed by atoms with van der Waals surface area (Å²) in [6, 6.07) is 0.508. The minimum Gasteiger partial charge on any atom is -0.300 e. The van der Waals surface area contributed by atoms with E-state index in [0.717, 1.165) is 19.5 Å². The van der Waals surface area contributed by atoms with Crippen LogP contribution >= 0.6 is 0 Å². The molecule has 2 rings (SSSR count). The molecule has 0 unspecified atom stereocenters. The van der Waals surface area contributed by atoms with Gasteiger partial charge in [-0.15, -0.1) is 0 Å². The average molecular weight is 189 g/mol. The summed E-state index contributed by atoms with van der Waals surface area (Å²) in [5.41, 5.74) is -0.0201. The van der Waals surface area contributed by atoms with Crippen LogP contribution in [-0.2, 0) is 0 Å². The average Bonchev–Trinajstić information content (AvgIpc) is 2.29. The third-order valence-electron chi connectivity index (χ3n) is 3.47. The van der Waals surface area contributed by atoms with Crippen LogP contribution in [-0.4, -0.2) is 30.0 Å². The van der Waals surface area contributed by atoms with E-state index in [4.69, 9.17) is 0 Å². The number of likely N-dealkylation sites (tertiary alicyclic amines) is 1. The fourth-order valence-electron chi connectivity index (χ4n) is 2.74. The minimum absolute atomic E-state index is 0.0201. The molecule has 0 radical (unpaired) electrons. The van der Waals surface area contributed by atoms with Gasteiger partial charge >= 0.3 is 0 Å². The van der Waals surface area contributed by atoms with Gasteiger partial charge in [0.15, 0.2) is 0 Å². The Kier molecular flexibility index (Phi) is 1.92. The van der Waals surface area contributed by atoms with Gasteiger partial charge in [0.05, 0.1) is 0 Å². The predicted octanol–water partition coefficient (Wildman–Crippen LogP) is 2.52. The zero-order valence-corrected chi connectivity index (χ0v) is 8.32. The highest BCUT2D eigenvalue weighted by Gasteiger charge is 2.58. The van der Waals surface area contributed by atoms with E-state index >= 15 is 0 Å². The number of hydrogen-bond donors (Lipinski definition) is 0. The van der Waals surface area contributed by atoms with Crippen LogP contribution in [0.15, 0.2) is 0 Å². The first-order chi connectivity index (χ1) is 5.93. The van der Waals surface area contributed by atoms with Crippen LogP contribution in [0.2, 0.25) is 0 Å². The molecule has 3 heteroatoms. The molecule has 1 heterocycles. The molecule has 2 fully saturated rings. The van der Waals surface area contributed by atoms with Crippen molar-refractivity contribution in [2.75, 3.05) is 13.1 Å². The number of halogens is 2. The van der Waals surface area contributed by atoms with Crippen molar-refractivity contribution in [2.24, 2.45) is 5.41 Å². The van der Waals surface area contributed by atoms with Crippen molar-refractivity contribution in [2.45, 2.75) is 45.1 Å². The molecular formula is C10H17F2N. The number of nitrogens with zero attached hydrogens (tertiary/aromatic N) is 1. The van der Waals surface area contributed by atoms with Gasteiger partial charge in [0.1, 0.15) is 0 Å². The molecule has 76 valence electrons. The molecule has 0 atom stereocenters. The van der Waals surface area contributed by atoms with Crippen molar-refractivity contribution in [3.63, 3.8) is 0 Å². The lowest BCUT2D eigenvalue weighted by Gasteiger charge is -2.45. The largest absolute Gasteiger partial charge is 0.300 e. The van der Waals surface area contributed by atoms with Crippen molar-refractivity contribution in [3.05, 3.63) is 0 Å². The lowest BCUT2D eigenvalue weighted by atomic mass is 9.65. The van der Waals surface area contributed by atoms with Gasteiger partial charge < -0.3 is 4.90 Å². The van der Waals surface area contributed by atoms with Crippen LogP contribution in [0.5, 0.6) is 0 Å². The summed E-state index contributed by atoms with van der Waals surface area (Å²) < 4.78 is 25.5. The van der Waals surface area contributed by atoms with Crippen LogP contribution in [0, 0.1) is 5.41 Å². The Labute approximate surface area is 78.1 Å². The Bertz CT molecular complexity index is 205. The molecule has 1 saturated heterocycles. The third-order valence-corrected chi connectivity index (χ3v) is 3.47. The van der Waals surface area contributed by atoms with Gasteiger partial charge in [-0.3, -0.25) is 0 Å². The Hall–Kier alpha value is -0.180. The quantitative estimate of drug-likeness (QED) is 0.612. The lowest BCUT2D eigenvalue weighted by Crippen LogP contribution is -2.48. The van der Waals surface area contributed by atoms with Gasteiger partial charge in [0.2, 0.25) is 5.92 Å². The first-order valence-electron chi connectivity index (χ1n) is 5.04. The van der Waals surface area contributed by atoms with Crippen LogP contribution in [0.1, 0.15) is 33.1 Å². The molecule has 1 spiro atoms. The van der Waals surface area contributed by atoms with Gasteiger partial charge in [0, 0.05) is 25.4 Å². The summed E-state index contributed by atoms with van der Waals surface area (Å²) >= 11 is 0. The number of rotatable bonds is 1. The monoisotopic (exact) mass is 189 g/mol. The highest BCUT2D eigenvalue weighted by molar-refractivity contribution is 5.04. The second-order valence-electron chi connectivity index (χ2n) is 5.02. The summed E-state index contributed by atoms with van der Waals surface area (Å²) in [6.07, 6.45) is 1.23. The maximum Gasteiger partial charge on any atom is 0.249 e. The van der Waals surface area contributed by atoms with Crippen molar-refractivity contribution in [3.8, 4) is 0 Å². The van der Waals surface area contributed by atoms with Gasteiger partial charge in [-0.05, 0) is 32.2 Å². The summed E-state index contributed by atoms with van der Waals surface area (Å²) in [5, 5.41) is 0. The van der Waals surface area contributed by atoms with Crippen molar-refractivity contribution < 1.29 is 8.78 Å². The summed E-state index contributed by atoms with van der Waals surface area (Å²) in [6.45, 7) is 6.17. The molecule has 1 aliphatic heterocycles. The smallest absolute Gasteiger partial charge is 0.249 e. The summed E-state index contributed by atoms with van der Waals surface area (Å²) in [5.74, 6) is -2.35. The maximum absolute atomic E-state index is 12.7. The van der Waals surface area contributed by atoms with Crippen LogP contribution in [0.3, 0.4) is 0 Å². The Balaban J connectivity index is 1.93. The van der Waals surface area contributed by atoms with Crippen LogP contribution < -0.4 is 0 Å². The van der Waals surface area contributed by atoms with E-state index < -0.39 is 5.92 Å². The number of alkyl halides is 2. The highest BCUT2D eigenvalue weighted by Crippen LogP contribution is 2.56. The third kappa shape index (κ3) is 1.58. The van der Waals surface area contributed by atoms with E-state index in [9.17, 15) is 8.78 Å². The molecule has 13 heavy (non-hydrogen) atoms. The molecule has 0 amide bonds. The van der Waals surface area contributed by atoms with Crippen LogP contribution in [0.25, 0.3) is 0 Å². The van der Waals surface area contributed by atoms with E-state index in [2.05, 4.69) is 18.7 Å². The predicted molar refractivity (Wildman–Crippen MR) is 47.9 cm³/mol. The standard InChI is InChI=1S/C10H17F2N/c1-8(2)13-4-3-9(7-13)5-10(11,12)6-9/h8H,3-7H2,1-2H3. The molecule has 0 aromatic heterocycles. The highest BCUT2D eigenvalue weighted by atomic mass is 19.3. The molecule has 0 aromatic rings. The van der Waals surface area contributed by atoms with Gasteiger partial charge in [0.25, 0.3) is 0 Å². The molecular weight excluding hydrogens is 172 g/mol. The molecule has 1 aliphatic carbocycles. The molecule has 0 bridgehead atoms. The van der Waals surface area contributed by atoms with Gasteiger partial charge in [-0.1, -0.05) is 0 Å². The topological polar surface area (TPSA) is 3.24 Å². The zero-order valence-electron chi connectivity index (χ0n) is 8.32. The van der Waals surface area contributed by atoms with E-state index in [1.54, 1.807) is 0 Å². The molecule has 1 saturated carbocycles. The van der Waals surface area contributed by atoms with E-state index in [1.807, 2.05) is 0 Å². The second-order valence-corrected chi connectivity index (χ2v) is 5.02. The van der Waals surface area contributed by atoms with E-state index in [0.29, 0.717) is 6.04 Å². The Morgan fingerprint density at radius 2 is 1.85 bits per heavy atom. The first kappa shape index (κ1) is 9.38. The molecule has 0 aromatic carbocycles. The van der Waals surface area contributed by atoms with Crippen molar-refractivity contribution >= 4 is 0 Å². The van der Waals surface area contributed by atoms with E-state index in [1.165, 1.54) is 0 Å². The first-order valence-corrected chi connectivity index (χ1v) is 5.04. The summed E-state index contributed by atoms with van der Waals surface area (Å²) in [4.78, 5) is 2.31. The second kappa shape index (κ2) is 2.66. The van der Waals surface area contributed by atoms with E-state index in [-0.39, 0.29) is 18.3 Å². The molecule has 0 N–H and O–H groups in total. The van der Waals surface area contributed by atoms with Crippen molar-refractivity contribution in [1.29, 1.82) is 0 Å². The lowest BCUT2D eigenvalue weighted by molar-refractivity contribution is -0.156. The SMILES string of the molecule is CC(C)N1CCC2(C1)CC(F)(F)C2. The summed E-state index contributed by atoms with van der Waals surface area (Å²) in [7, 11) is 0. The van der Waals surface area contributed by atoms with Crippen molar-refractivity contribution in [1.82, 2.24) is 4.90 Å². The fourth-order valence-corrected chi connectivity index (χ4v) is 2.74. The zero-order chi connectivity index (χ0) is 9.69. The van der Waals surface area contributed by atoms with Gasteiger partial charge in [-0.25, -0.2) is 8.78 Å². The molecule has 1 nitrogen and oxygen atoms in total.